The second-order valence-electron chi connectivity index (χ2n) is 6.58. The molecule has 0 amide bonds. The number of alkyl halides is 3. The van der Waals surface area contributed by atoms with Gasteiger partial charge in [0.1, 0.15) is 5.82 Å². The van der Waals surface area contributed by atoms with Crippen molar-refractivity contribution in [1.82, 2.24) is 0 Å². The second kappa shape index (κ2) is 8.43. The average molecular weight is 488 g/mol. The topological polar surface area (TPSA) is 83.6 Å². The number of hydrogen-bond acceptors (Lipinski definition) is 4. The molecule has 0 bridgehead atoms. The fraction of sp³-hybridized carbons (Fsp3) is 0.100. The fourth-order valence-corrected chi connectivity index (χ4v) is 5.07. The highest BCUT2D eigenvalue weighted by Crippen LogP contribution is 2.33. The van der Waals surface area contributed by atoms with Gasteiger partial charge in [-0.2, -0.15) is 13.2 Å². The van der Waals surface area contributed by atoms with E-state index in [0.29, 0.717) is 17.8 Å². The van der Waals surface area contributed by atoms with E-state index in [1.54, 1.807) is 30.3 Å². The zero-order valence-corrected chi connectivity index (χ0v) is 18.0. The molecule has 0 spiro atoms. The van der Waals surface area contributed by atoms with Crippen molar-refractivity contribution in [3.05, 3.63) is 84.2 Å². The molecule has 0 atom stereocenters. The van der Waals surface area contributed by atoms with Crippen LogP contribution < -0.4 is 9.03 Å². The average Bonchev–Trinajstić information content (AvgIpc) is 2.73. The molecule has 170 valence electrons. The zero-order chi connectivity index (χ0) is 23.7. The van der Waals surface area contributed by atoms with Crippen LogP contribution in [-0.2, 0) is 26.2 Å². The lowest BCUT2D eigenvalue weighted by Crippen LogP contribution is -2.26. The molecular formula is C20H16F4N2O4S2. The standard InChI is InChI=1S/C20H16F4N2O4S2/c1-26(15-7-3-2-4-8-15)32(29,30)17-9-5-6-14(12-17)25-31(27,28)16-10-11-19(21)18(13-16)20(22,23)24/h2-13,25H,1H3. The van der Waals surface area contributed by atoms with Crippen LogP contribution in [0.15, 0.2) is 82.6 Å². The van der Waals surface area contributed by atoms with Crippen LogP contribution in [0.2, 0.25) is 0 Å². The van der Waals surface area contributed by atoms with Gasteiger partial charge >= 0.3 is 6.18 Å². The van der Waals surface area contributed by atoms with Crippen molar-refractivity contribution < 1.29 is 34.4 Å². The summed E-state index contributed by atoms with van der Waals surface area (Å²) in [7, 11) is -7.32. The quantitative estimate of drug-likeness (QED) is 0.519. The summed E-state index contributed by atoms with van der Waals surface area (Å²) in [5.74, 6) is -1.62. The van der Waals surface area contributed by atoms with E-state index in [0.717, 1.165) is 10.4 Å². The highest BCUT2D eigenvalue weighted by atomic mass is 32.2. The number of rotatable bonds is 6. The van der Waals surface area contributed by atoms with Crippen molar-refractivity contribution in [2.24, 2.45) is 0 Å². The highest BCUT2D eigenvalue weighted by molar-refractivity contribution is 7.93. The van der Waals surface area contributed by atoms with E-state index in [9.17, 15) is 34.4 Å². The van der Waals surface area contributed by atoms with Crippen molar-refractivity contribution in [1.29, 1.82) is 0 Å². The molecule has 0 heterocycles. The van der Waals surface area contributed by atoms with Crippen LogP contribution in [0.4, 0.5) is 28.9 Å². The van der Waals surface area contributed by atoms with Gasteiger partial charge in [0.25, 0.3) is 20.0 Å². The Morgan fingerprint density at radius 1 is 0.812 bits per heavy atom. The number of sulfonamides is 2. The molecule has 0 saturated carbocycles. The van der Waals surface area contributed by atoms with Crippen LogP contribution in [0, 0.1) is 5.82 Å². The molecule has 0 fully saturated rings. The monoisotopic (exact) mass is 488 g/mol. The molecule has 32 heavy (non-hydrogen) atoms. The number of halogens is 4. The van der Waals surface area contributed by atoms with Crippen LogP contribution >= 0.6 is 0 Å². The normalized spacial score (nSPS) is 12.4. The van der Waals surface area contributed by atoms with Crippen molar-refractivity contribution in [2.45, 2.75) is 16.0 Å². The van der Waals surface area contributed by atoms with Crippen molar-refractivity contribution in [3.63, 3.8) is 0 Å². The maximum Gasteiger partial charge on any atom is 0.419 e. The summed E-state index contributed by atoms with van der Waals surface area (Å²) in [5.41, 5.74) is -1.57. The van der Waals surface area contributed by atoms with Gasteiger partial charge in [-0.05, 0) is 48.5 Å². The number of hydrogen-bond donors (Lipinski definition) is 1. The Morgan fingerprint density at radius 3 is 2.09 bits per heavy atom. The number of para-hydroxylation sites is 1. The Kier molecular flexibility index (Phi) is 6.20. The lowest BCUT2D eigenvalue weighted by atomic mass is 10.2. The largest absolute Gasteiger partial charge is 0.419 e. The molecule has 3 aromatic carbocycles. The Morgan fingerprint density at radius 2 is 1.47 bits per heavy atom. The predicted molar refractivity (Wildman–Crippen MR) is 111 cm³/mol. The van der Waals surface area contributed by atoms with Crippen molar-refractivity contribution >= 4 is 31.4 Å². The van der Waals surface area contributed by atoms with Crippen LogP contribution in [0.3, 0.4) is 0 Å². The van der Waals surface area contributed by atoms with E-state index in [4.69, 9.17) is 0 Å². The second-order valence-corrected chi connectivity index (χ2v) is 10.2. The van der Waals surface area contributed by atoms with E-state index in [1.807, 2.05) is 4.72 Å². The molecule has 0 aliphatic rings. The van der Waals surface area contributed by atoms with E-state index < -0.39 is 42.5 Å². The Labute approximate surface area is 182 Å². The van der Waals surface area contributed by atoms with Gasteiger partial charge in [-0.15, -0.1) is 0 Å². The van der Waals surface area contributed by atoms with Crippen LogP contribution in [-0.4, -0.2) is 23.9 Å². The van der Waals surface area contributed by atoms with E-state index >= 15 is 0 Å². The van der Waals surface area contributed by atoms with Gasteiger partial charge in [0.15, 0.2) is 0 Å². The highest BCUT2D eigenvalue weighted by Gasteiger charge is 2.35. The van der Waals surface area contributed by atoms with Gasteiger partial charge in [0, 0.05) is 7.05 Å². The van der Waals surface area contributed by atoms with E-state index in [-0.39, 0.29) is 16.6 Å². The van der Waals surface area contributed by atoms with Crippen LogP contribution in [0.5, 0.6) is 0 Å². The van der Waals surface area contributed by atoms with Gasteiger partial charge in [-0.1, -0.05) is 24.3 Å². The summed E-state index contributed by atoms with van der Waals surface area (Å²) in [5, 5.41) is 0. The first-order valence-corrected chi connectivity index (χ1v) is 11.8. The third-order valence-corrected chi connectivity index (χ3v) is 7.58. The number of nitrogens with one attached hydrogen (secondary N) is 1. The number of benzene rings is 3. The summed E-state index contributed by atoms with van der Waals surface area (Å²) in [6.07, 6.45) is -5.09. The Hall–Kier alpha value is -3.12. The molecule has 0 aliphatic carbocycles. The van der Waals surface area contributed by atoms with Gasteiger partial charge in [-0.3, -0.25) is 9.03 Å². The first-order chi connectivity index (χ1) is 14.8. The minimum atomic E-state index is -5.09. The number of nitrogens with zero attached hydrogens (tertiary/aromatic N) is 1. The lowest BCUT2D eigenvalue weighted by Gasteiger charge is -2.20. The van der Waals surface area contributed by atoms with Crippen LogP contribution in [0.25, 0.3) is 0 Å². The van der Waals surface area contributed by atoms with Gasteiger partial charge < -0.3 is 0 Å². The van der Waals surface area contributed by atoms with Crippen LogP contribution in [0.1, 0.15) is 5.56 Å². The summed E-state index contributed by atoms with van der Waals surface area (Å²) >= 11 is 0. The Bertz CT molecular complexity index is 1340. The van der Waals surface area contributed by atoms with Gasteiger partial charge in [0.05, 0.1) is 26.7 Å². The maximum atomic E-state index is 13.5. The summed E-state index contributed by atoms with van der Waals surface area (Å²) in [6, 6.07) is 14.1. The van der Waals surface area contributed by atoms with E-state index in [1.165, 1.54) is 25.2 Å². The molecule has 3 aromatic rings. The first-order valence-electron chi connectivity index (χ1n) is 8.86. The maximum absolute atomic E-state index is 13.5. The third kappa shape index (κ3) is 4.86. The molecule has 0 unspecified atom stereocenters. The third-order valence-electron chi connectivity index (χ3n) is 4.42. The molecular weight excluding hydrogens is 472 g/mol. The zero-order valence-electron chi connectivity index (χ0n) is 16.3. The smallest absolute Gasteiger partial charge is 0.280 e. The minimum Gasteiger partial charge on any atom is -0.280 e. The minimum absolute atomic E-state index is 0.168. The van der Waals surface area contributed by atoms with Gasteiger partial charge in [-0.25, -0.2) is 21.2 Å². The predicted octanol–water partition coefficient (Wildman–Crippen LogP) is 4.47. The number of anilines is 2. The summed E-state index contributed by atoms with van der Waals surface area (Å²) < 4.78 is 106. The molecule has 0 saturated heterocycles. The summed E-state index contributed by atoms with van der Waals surface area (Å²) in [4.78, 5) is -1.08. The summed E-state index contributed by atoms with van der Waals surface area (Å²) in [6.45, 7) is 0. The van der Waals surface area contributed by atoms with Gasteiger partial charge in [0.2, 0.25) is 0 Å². The lowest BCUT2D eigenvalue weighted by molar-refractivity contribution is -0.140. The fourth-order valence-electron chi connectivity index (χ4n) is 2.76. The van der Waals surface area contributed by atoms with Crippen molar-refractivity contribution in [2.75, 3.05) is 16.1 Å². The molecule has 0 aromatic heterocycles. The van der Waals surface area contributed by atoms with E-state index in [2.05, 4.69) is 0 Å². The molecule has 0 aliphatic heterocycles. The van der Waals surface area contributed by atoms with Crippen molar-refractivity contribution in [3.8, 4) is 0 Å². The Balaban J connectivity index is 1.94. The molecule has 6 nitrogen and oxygen atoms in total. The SMILES string of the molecule is CN(c1ccccc1)S(=O)(=O)c1cccc(NS(=O)(=O)c2ccc(F)c(C(F)(F)F)c2)c1. The molecule has 0 radical (unpaired) electrons. The molecule has 12 heteroatoms. The molecule has 1 N–H and O–H groups in total. The molecule has 3 rings (SSSR count). The first kappa shape index (κ1) is 23.5.